The van der Waals surface area contributed by atoms with Crippen molar-refractivity contribution in [1.82, 2.24) is 16.0 Å². The minimum Gasteiger partial charge on any atom is -0.459 e. The second-order valence-electron chi connectivity index (χ2n) is 5.54. The third-order valence-electron chi connectivity index (χ3n) is 3.38. The number of carbonyl (C=O) groups excluding carboxylic acids is 1. The average Bonchev–Trinajstić information content (AvgIpc) is 3.06. The van der Waals surface area contributed by atoms with Crippen molar-refractivity contribution in [1.29, 1.82) is 0 Å². The number of amides is 1. The maximum Gasteiger partial charge on any atom is 0.287 e. The summed E-state index contributed by atoms with van der Waals surface area (Å²) in [4.78, 5) is 16.2. The van der Waals surface area contributed by atoms with Gasteiger partial charge in [-0.3, -0.25) is 9.79 Å². The van der Waals surface area contributed by atoms with Crippen molar-refractivity contribution in [2.24, 2.45) is 4.99 Å². The van der Waals surface area contributed by atoms with Gasteiger partial charge in [0.25, 0.3) is 5.91 Å². The number of aliphatic imine (C=N–C) groups is 1. The maximum absolute atomic E-state index is 11.7. The Balaban J connectivity index is 2.31. The highest BCUT2D eigenvalue weighted by molar-refractivity contribution is 5.91. The van der Waals surface area contributed by atoms with Gasteiger partial charge in [-0.1, -0.05) is 26.2 Å². The maximum atomic E-state index is 11.7. The molecule has 3 N–H and O–H groups in total. The van der Waals surface area contributed by atoms with Gasteiger partial charge in [-0.2, -0.15) is 0 Å². The first-order valence-electron chi connectivity index (χ1n) is 8.53. The molecule has 0 saturated carbocycles. The summed E-state index contributed by atoms with van der Waals surface area (Å²) in [6.07, 6.45) is 6.34. The van der Waals surface area contributed by atoms with Crippen LogP contribution in [0.5, 0.6) is 0 Å². The highest BCUT2D eigenvalue weighted by Crippen LogP contribution is 2.02. The second-order valence-corrected chi connectivity index (χ2v) is 5.54. The van der Waals surface area contributed by atoms with Gasteiger partial charge in [0.05, 0.1) is 12.8 Å². The molecule has 1 aromatic rings. The van der Waals surface area contributed by atoms with Crippen molar-refractivity contribution in [2.45, 2.75) is 52.5 Å². The summed E-state index contributed by atoms with van der Waals surface area (Å²) < 4.78 is 5.04. The van der Waals surface area contributed by atoms with Crippen LogP contribution >= 0.6 is 0 Å². The molecule has 0 fully saturated rings. The van der Waals surface area contributed by atoms with E-state index < -0.39 is 0 Å². The van der Waals surface area contributed by atoms with Gasteiger partial charge in [-0.25, -0.2) is 0 Å². The van der Waals surface area contributed by atoms with Gasteiger partial charge >= 0.3 is 0 Å². The lowest BCUT2D eigenvalue weighted by Crippen LogP contribution is -2.42. The summed E-state index contributed by atoms with van der Waals surface area (Å²) in [7, 11) is 0. The molecule has 1 rings (SSSR count). The van der Waals surface area contributed by atoms with Crippen LogP contribution in [-0.2, 0) is 0 Å². The van der Waals surface area contributed by atoms with Gasteiger partial charge in [0, 0.05) is 19.1 Å². The van der Waals surface area contributed by atoms with Crippen molar-refractivity contribution in [2.75, 3.05) is 19.6 Å². The van der Waals surface area contributed by atoms with Gasteiger partial charge in [0.2, 0.25) is 0 Å². The van der Waals surface area contributed by atoms with E-state index in [4.69, 9.17) is 4.42 Å². The zero-order valence-electron chi connectivity index (χ0n) is 14.5. The highest BCUT2D eigenvalue weighted by atomic mass is 16.3. The lowest BCUT2D eigenvalue weighted by atomic mass is 10.1. The van der Waals surface area contributed by atoms with Crippen LogP contribution < -0.4 is 16.0 Å². The number of nitrogens with one attached hydrogen (secondary N) is 3. The van der Waals surface area contributed by atoms with Crippen LogP contribution in [0.3, 0.4) is 0 Å². The molecular weight excluding hydrogens is 292 g/mol. The number of nitrogens with zero attached hydrogens (tertiary/aromatic N) is 1. The van der Waals surface area contributed by atoms with Gasteiger partial charge in [0.1, 0.15) is 0 Å². The summed E-state index contributed by atoms with van der Waals surface area (Å²) in [6, 6.07) is 3.72. The zero-order valence-corrected chi connectivity index (χ0v) is 14.5. The highest BCUT2D eigenvalue weighted by Gasteiger charge is 2.07. The number of hydrogen-bond donors (Lipinski definition) is 3. The van der Waals surface area contributed by atoms with E-state index in [0.717, 1.165) is 18.9 Å². The van der Waals surface area contributed by atoms with E-state index >= 15 is 0 Å². The van der Waals surface area contributed by atoms with Crippen LogP contribution in [0, 0.1) is 0 Å². The molecule has 1 heterocycles. The third-order valence-corrected chi connectivity index (χ3v) is 3.38. The molecule has 130 valence electrons. The Labute approximate surface area is 139 Å². The first-order valence-corrected chi connectivity index (χ1v) is 8.53. The van der Waals surface area contributed by atoms with Gasteiger partial charge < -0.3 is 20.4 Å². The number of carbonyl (C=O) groups is 1. The van der Waals surface area contributed by atoms with E-state index in [2.05, 4.69) is 34.8 Å². The molecule has 6 heteroatoms. The smallest absolute Gasteiger partial charge is 0.287 e. The molecular formula is C17H30N4O2. The van der Waals surface area contributed by atoms with E-state index in [1.807, 2.05) is 6.92 Å². The Kier molecular flexibility index (Phi) is 9.59. The molecule has 1 unspecified atom stereocenters. The zero-order chi connectivity index (χ0) is 16.9. The molecule has 6 nitrogen and oxygen atoms in total. The van der Waals surface area contributed by atoms with Crippen molar-refractivity contribution >= 4 is 11.9 Å². The summed E-state index contributed by atoms with van der Waals surface area (Å²) in [5.74, 6) is 0.906. The average molecular weight is 322 g/mol. The topological polar surface area (TPSA) is 78.7 Å². The van der Waals surface area contributed by atoms with E-state index in [-0.39, 0.29) is 5.91 Å². The van der Waals surface area contributed by atoms with E-state index in [9.17, 15) is 4.79 Å². The molecule has 0 aliphatic rings. The van der Waals surface area contributed by atoms with Crippen LogP contribution in [-0.4, -0.2) is 37.5 Å². The van der Waals surface area contributed by atoms with Crippen molar-refractivity contribution in [3.63, 3.8) is 0 Å². The predicted molar refractivity (Wildman–Crippen MR) is 93.8 cm³/mol. The van der Waals surface area contributed by atoms with Crippen LogP contribution in [0.25, 0.3) is 0 Å². The second kappa shape index (κ2) is 11.6. The molecule has 0 aliphatic carbocycles. The Bertz CT molecular complexity index is 457. The summed E-state index contributed by atoms with van der Waals surface area (Å²) in [6.45, 7) is 8.22. The minimum atomic E-state index is -0.212. The van der Waals surface area contributed by atoms with E-state index in [0.29, 0.717) is 24.9 Å². The molecule has 1 aromatic heterocycles. The Hall–Kier alpha value is -1.98. The normalized spacial score (nSPS) is 12.7. The number of guanidine groups is 1. The SMILES string of the molecule is CCCCCC(C)NC(=NCCNC(=O)c1ccco1)NCC. The van der Waals surface area contributed by atoms with Crippen molar-refractivity contribution in [3.05, 3.63) is 24.2 Å². The fourth-order valence-corrected chi connectivity index (χ4v) is 2.16. The molecule has 0 saturated heterocycles. The summed E-state index contributed by atoms with van der Waals surface area (Å²) in [5.41, 5.74) is 0. The Morgan fingerprint density at radius 3 is 2.78 bits per heavy atom. The minimum absolute atomic E-state index is 0.212. The molecule has 0 aliphatic heterocycles. The first-order chi connectivity index (χ1) is 11.2. The predicted octanol–water partition coefficient (Wildman–Crippen LogP) is 2.53. The lowest BCUT2D eigenvalue weighted by Gasteiger charge is -2.17. The van der Waals surface area contributed by atoms with E-state index in [1.54, 1.807) is 12.1 Å². The molecule has 0 aromatic carbocycles. The van der Waals surface area contributed by atoms with Crippen molar-refractivity contribution in [3.8, 4) is 0 Å². The molecule has 0 spiro atoms. The Morgan fingerprint density at radius 1 is 1.30 bits per heavy atom. The molecule has 23 heavy (non-hydrogen) atoms. The van der Waals surface area contributed by atoms with Gasteiger partial charge in [-0.05, 0) is 32.4 Å². The number of hydrogen-bond acceptors (Lipinski definition) is 3. The lowest BCUT2D eigenvalue weighted by molar-refractivity contribution is 0.0927. The first kappa shape index (κ1) is 19.1. The third kappa shape index (κ3) is 8.28. The standard InChI is InChI=1S/C17H30N4O2/c1-4-6-7-9-14(3)21-17(18-5-2)20-12-11-19-16(22)15-10-8-13-23-15/h8,10,13-14H,4-7,9,11-12H2,1-3H3,(H,19,22)(H2,18,20,21). The van der Waals surface area contributed by atoms with Gasteiger partial charge in [-0.15, -0.1) is 0 Å². The number of unbranched alkanes of at least 4 members (excludes halogenated alkanes) is 2. The van der Waals surface area contributed by atoms with E-state index in [1.165, 1.54) is 25.5 Å². The van der Waals surface area contributed by atoms with Crippen LogP contribution in [0.2, 0.25) is 0 Å². The fraction of sp³-hybridized carbons (Fsp3) is 0.647. The largest absolute Gasteiger partial charge is 0.459 e. The summed E-state index contributed by atoms with van der Waals surface area (Å²) >= 11 is 0. The number of furan rings is 1. The fourth-order valence-electron chi connectivity index (χ4n) is 2.16. The molecule has 0 radical (unpaired) electrons. The quantitative estimate of drug-likeness (QED) is 0.351. The van der Waals surface area contributed by atoms with Crippen LogP contribution in [0.15, 0.2) is 27.8 Å². The monoisotopic (exact) mass is 322 g/mol. The molecule has 1 amide bonds. The van der Waals surface area contributed by atoms with Crippen LogP contribution in [0.1, 0.15) is 57.0 Å². The Morgan fingerprint density at radius 2 is 2.13 bits per heavy atom. The van der Waals surface area contributed by atoms with Gasteiger partial charge in [0.15, 0.2) is 11.7 Å². The number of rotatable bonds is 10. The summed E-state index contributed by atoms with van der Waals surface area (Å²) in [5, 5.41) is 9.41. The van der Waals surface area contributed by atoms with Crippen molar-refractivity contribution < 1.29 is 9.21 Å². The molecule has 0 bridgehead atoms. The van der Waals surface area contributed by atoms with Crippen LogP contribution in [0.4, 0.5) is 0 Å². The molecule has 1 atom stereocenters.